The third-order valence-electron chi connectivity index (χ3n) is 2.33. The first-order valence-electron chi connectivity index (χ1n) is 5.27. The molecular weight excluding hydrogens is 178 g/mol. The summed E-state index contributed by atoms with van der Waals surface area (Å²) in [5.74, 6) is -0.806. The molecule has 0 aliphatic carbocycles. The van der Waals surface area contributed by atoms with E-state index in [4.69, 9.17) is 10.00 Å². The van der Waals surface area contributed by atoms with E-state index in [1.165, 1.54) is 0 Å². The minimum Gasteiger partial charge on any atom is -0.465 e. The summed E-state index contributed by atoms with van der Waals surface area (Å²) < 4.78 is 4.86. The lowest BCUT2D eigenvalue weighted by atomic mass is 9.87. The second-order valence-electron chi connectivity index (χ2n) is 3.32. The van der Waals surface area contributed by atoms with Crippen molar-refractivity contribution in [3.63, 3.8) is 0 Å². The van der Waals surface area contributed by atoms with E-state index in [-0.39, 0.29) is 11.9 Å². The lowest BCUT2D eigenvalue weighted by Gasteiger charge is -2.17. The first-order chi connectivity index (χ1) is 6.71. The zero-order chi connectivity index (χ0) is 11.0. The van der Waals surface area contributed by atoms with Crippen molar-refractivity contribution >= 4 is 5.97 Å². The lowest BCUT2D eigenvalue weighted by Crippen LogP contribution is -2.24. The Balaban J connectivity index is 4.36. The molecule has 0 aromatic carbocycles. The summed E-state index contributed by atoms with van der Waals surface area (Å²) in [6.45, 7) is 6.17. The van der Waals surface area contributed by atoms with E-state index in [1.54, 1.807) is 6.92 Å². The molecule has 0 aromatic heterocycles. The van der Waals surface area contributed by atoms with Crippen LogP contribution in [0.5, 0.6) is 0 Å². The van der Waals surface area contributed by atoms with Gasteiger partial charge >= 0.3 is 5.97 Å². The fourth-order valence-electron chi connectivity index (χ4n) is 1.56. The van der Waals surface area contributed by atoms with Gasteiger partial charge < -0.3 is 4.74 Å². The quantitative estimate of drug-likeness (QED) is 0.615. The van der Waals surface area contributed by atoms with Crippen molar-refractivity contribution in [2.45, 2.75) is 40.0 Å². The van der Waals surface area contributed by atoms with Crippen LogP contribution in [0.15, 0.2) is 0 Å². The molecule has 0 rings (SSSR count). The monoisotopic (exact) mass is 197 g/mol. The van der Waals surface area contributed by atoms with Crippen molar-refractivity contribution < 1.29 is 9.53 Å². The first-order valence-corrected chi connectivity index (χ1v) is 5.27. The number of hydrogen-bond acceptors (Lipinski definition) is 3. The van der Waals surface area contributed by atoms with E-state index in [0.717, 1.165) is 19.3 Å². The van der Waals surface area contributed by atoms with Gasteiger partial charge in [0.1, 0.15) is 5.92 Å². The molecule has 2 unspecified atom stereocenters. The fourth-order valence-corrected chi connectivity index (χ4v) is 1.56. The van der Waals surface area contributed by atoms with Crippen molar-refractivity contribution in [1.82, 2.24) is 0 Å². The van der Waals surface area contributed by atoms with E-state index in [1.807, 2.05) is 13.0 Å². The van der Waals surface area contributed by atoms with Crippen LogP contribution in [0.3, 0.4) is 0 Å². The fraction of sp³-hybridized carbons (Fsp3) is 0.818. The molecule has 0 saturated heterocycles. The van der Waals surface area contributed by atoms with Crippen LogP contribution in [-0.2, 0) is 9.53 Å². The standard InChI is InChI=1S/C11H19NO2/c1-4-7-9(5-2)10(8-12)11(13)14-6-3/h9-10H,4-7H2,1-3H3. The highest BCUT2D eigenvalue weighted by Crippen LogP contribution is 2.22. The van der Waals surface area contributed by atoms with Gasteiger partial charge in [-0.1, -0.05) is 26.7 Å². The van der Waals surface area contributed by atoms with Crippen LogP contribution in [-0.4, -0.2) is 12.6 Å². The summed E-state index contributed by atoms with van der Waals surface area (Å²) in [7, 11) is 0. The van der Waals surface area contributed by atoms with Gasteiger partial charge in [-0.05, 0) is 19.3 Å². The second kappa shape index (κ2) is 7.37. The first kappa shape index (κ1) is 13.0. The summed E-state index contributed by atoms with van der Waals surface area (Å²) in [5, 5.41) is 8.90. The van der Waals surface area contributed by atoms with E-state index >= 15 is 0 Å². The maximum absolute atomic E-state index is 11.4. The smallest absolute Gasteiger partial charge is 0.323 e. The third kappa shape index (κ3) is 3.78. The van der Waals surface area contributed by atoms with Gasteiger partial charge in [0.15, 0.2) is 0 Å². The Bertz CT molecular complexity index is 208. The van der Waals surface area contributed by atoms with Crippen molar-refractivity contribution in [2.24, 2.45) is 11.8 Å². The van der Waals surface area contributed by atoms with Gasteiger partial charge in [0, 0.05) is 0 Å². The number of rotatable bonds is 6. The SMILES string of the molecule is CCCC(CC)C(C#N)C(=O)OCC. The zero-order valence-electron chi connectivity index (χ0n) is 9.25. The van der Waals surface area contributed by atoms with Gasteiger partial charge in [0.05, 0.1) is 12.7 Å². The highest BCUT2D eigenvalue weighted by atomic mass is 16.5. The van der Waals surface area contributed by atoms with E-state index in [9.17, 15) is 4.79 Å². The maximum atomic E-state index is 11.4. The highest BCUT2D eigenvalue weighted by Gasteiger charge is 2.27. The molecule has 0 aliphatic rings. The molecule has 0 spiro atoms. The predicted molar refractivity (Wildman–Crippen MR) is 54.4 cm³/mol. The Kier molecular flexibility index (Phi) is 6.82. The summed E-state index contributed by atoms with van der Waals surface area (Å²) in [4.78, 5) is 11.4. The van der Waals surface area contributed by atoms with E-state index in [2.05, 4.69) is 6.92 Å². The molecule has 0 radical (unpaired) electrons. The van der Waals surface area contributed by atoms with Crippen molar-refractivity contribution in [3.05, 3.63) is 0 Å². The minimum atomic E-state index is -0.583. The van der Waals surface area contributed by atoms with Crippen LogP contribution in [0.2, 0.25) is 0 Å². The summed E-state index contributed by atoms with van der Waals surface area (Å²) >= 11 is 0. The molecule has 0 amide bonds. The molecule has 0 saturated carbocycles. The Morgan fingerprint density at radius 1 is 1.43 bits per heavy atom. The van der Waals surface area contributed by atoms with Crippen molar-refractivity contribution in [3.8, 4) is 6.07 Å². The largest absolute Gasteiger partial charge is 0.465 e. The second-order valence-corrected chi connectivity index (χ2v) is 3.32. The molecule has 3 nitrogen and oxygen atoms in total. The van der Waals surface area contributed by atoms with Crippen LogP contribution < -0.4 is 0 Å². The third-order valence-corrected chi connectivity index (χ3v) is 2.33. The highest BCUT2D eigenvalue weighted by molar-refractivity contribution is 5.75. The van der Waals surface area contributed by atoms with Gasteiger partial charge in [-0.25, -0.2) is 0 Å². The summed E-state index contributed by atoms with van der Waals surface area (Å²) in [6.07, 6.45) is 2.76. The van der Waals surface area contributed by atoms with Gasteiger partial charge in [-0.2, -0.15) is 5.26 Å². The molecule has 0 N–H and O–H groups in total. The minimum absolute atomic E-state index is 0.143. The molecule has 0 aromatic rings. The zero-order valence-corrected chi connectivity index (χ0v) is 9.25. The van der Waals surface area contributed by atoms with Crippen LogP contribution in [0.25, 0.3) is 0 Å². The normalized spacial score (nSPS) is 14.1. The Hall–Kier alpha value is -1.04. The topological polar surface area (TPSA) is 50.1 Å². The Morgan fingerprint density at radius 2 is 2.07 bits per heavy atom. The number of ether oxygens (including phenoxy) is 1. The molecule has 80 valence electrons. The van der Waals surface area contributed by atoms with E-state index in [0.29, 0.717) is 6.61 Å². The molecule has 14 heavy (non-hydrogen) atoms. The molecule has 0 aliphatic heterocycles. The van der Waals surface area contributed by atoms with Gasteiger partial charge in [-0.3, -0.25) is 4.79 Å². The molecular formula is C11H19NO2. The van der Waals surface area contributed by atoms with Crippen LogP contribution >= 0.6 is 0 Å². The van der Waals surface area contributed by atoms with Crippen LogP contribution in [0, 0.1) is 23.2 Å². The van der Waals surface area contributed by atoms with E-state index < -0.39 is 5.92 Å². The number of carbonyl (C=O) groups excluding carboxylic acids is 1. The van der Waals surface area contributed by atoms with Gasteiger partial charge in [0.25, 0.3) is 0 Å². The molecule has 0 fully saturated rings. The maximum Gasteiger partial charge on any atom is 0.323 e. The number of nitriles is 1. The van der Waals surface area contributed by atoms with Crippen molar-refractivity contribution in [1.29, 1.82) is 5.26 Å². The Labute approximate surface area is 86.1 Å². The van der Waals surface area contributed by atoms with Crippen molar-refractivity contribution in [2.75, 3.05) is 6.61 Å². The predicted octanol–water partition coefficient (Wildman–Crippen LogP) is 2.52. The molecule has 2 atom stereocenters. The number of hydrogen-bond donors (Lipinski definition) is 0. The number of carbonyl (C=O) groups is 1. The molecule has 3 heteroatoms. The van der Waals surface area contributed by atoms with Crippen LogP contribution in [0.1, 0.15) is 40.0 Å². The lowest BCUT2D eigenvalue weighted by molar-refractivity contribution is -0.147. The van der Waals surface area contributed by atoms with Gasteiger partial charge in [0.2, 0.25) is 0 Å². The molecule has 0 heterocycles. The van der Waals surface area contributed by atoms with Gasteiger partial charge in [-0.15, -0.1) is 0 Å². The number of esters is 1. The summed E-state index contributed by atoms with van der Waals surface area (Å²) in [6, 6.07) is 2.05. The Morgan fingerprint density at radius 3 is 2.43 bits per heavy atom. The molecule has 0 bridgehead atoms. The number of nitrogens with zero attached hydrogens (tertiary/aromatic N) is 1. The summed E-state index contributed by atoms with van der Waals surface area (Å²) in [5.41, 5.74) is 0. The average Bonchev–Trinajstić information content (AvgIpc) is 2.18. The van der Waals surface area contributed by atoms with Crippen LogP contribution in [0.4, 0.5) is 0 Å². The average molecular weight is 197 g/mol.